The maximum Gasteiger partial charge on any atom is 0.408 e. The van der Waals surface area contributed by atoms with Crippen molar-refractivity contribution in [2.75, 3.05) is 0 Å². The van der Waals surface area contributed by atoms with Gasteiger partial charge >= 0.3 is 6.09 Å². The maximum atomic E-state index is 11.7. The molecule has 0 aromatic heterocycles. The second-order valence-electron chi connectivity index (χ2n) is 7.08. The van der Waals surface area contributed by atoms with Crippen LogP contribution in [0, 0.1) is 5.92 Å². The van der Waals surface area contributed by atoms with E-state index in [1.807, 2.05) is 5.43 Å². The molecule has 1 fully saturated rings. The van der Waals surface area contributed by atoms with E-state index < -0.39 is 29.7 Å². The van der Waals surface area contributed by atoms with Gasteiger partial charge in [0.05, 0.1) is 6.04 Å². The average molecular weight is 315 g/mol. The first kappa shape index (κ1) is 18.7. The molecule has 0 bridgehead atoms. The summed E-state index contributed by atoms with van der Waals surface area (Å²) in [7, 11) is 0. The molecule has 0 aromatic carbocycles. The summed E-state index contributed by atoms with van der Waals surface area (Å²) in [6, 6.07) is -0.802. The molecule has 7 nitrogen and oxygen atoms in total. The zero-order chi connectivity index (χ0) is 16.9. The van der Waals surface area contributed by atoms with E-state index in [0.717, 1.165) is 25.7 Å². The number of hydrogen-bond acceptors (Lipinski definition) is 4. The Morgan fingerprint density at radius 1 is 1.27 bits per heavy atom. The van der Waals surface area contributed by atoms with E-state index in [1.165, 1.54) is 11.3 Å². The van der Waals surface area contributed by atoms with Crippen LogP contribution < -0.4 is 11.3 Å². The third kappa shape index (κ3) is 4.84. The van der Waals surface area contributed by atoms with Crippen LogP contribution in [0.25, 0.3) is 0 Å². The van der Waals surface area contributed by atoms with E-state index in [0.29, 0.717) is 12.3 Å². The summed E-state index contributed by atoms with van der Waals surface area (Å²) in [5.41, 5.74) is 1.20. The molecule has 0 aliphatic heterocycles. The summed E-state index contributed by atoms with van der Waals surface area (Å²) in [6.45, 7) is 5.26. The van der Waals surface area contributed by atoms with E-state index in [1.54, 1.807) is 20.8 Å². The van der Waals surface area contributed by atoms with Crippen molar-refractivity contribution >= 4 is 12.0 Å². The van der Waals surface area contributed by atoms with E-state index in [4.69, 9.17) is 5.84 Å². The molecule has 0 saturated heterocycles. The Morgan fingerprint density at radius 3 is 2.23 bits per heavy atom. The van der Waals surface area contributed by atoms with Gasteiger partial charge in [-0.2, -0.15) is 0 Å². The number of carboxylic acid groups (broad SMARTS) is 1. The highest BCUT2D eigenvalue weighted by Gasteiger charge is 2.41. The number of hydrazine groups is 1. The van der Waals surface area contributed by atoms with Gasteiger partial charge in [-0.15, -0.1) is 0 Å². The first-order valence-electron chi connectivity index (χ1n) is 7.89. The van der Waals surface area contributed by atoms with Crippen molar-refractivity contribution < 1.29 is 19.8 Å². The van der Waals surface area contributed by atoms with Gasteiger partial charge in [-0.1, -0.05) is 32.1 Å². The average Bonchev–Trinajstić information content (AvgIpc) is 2.44. The molecule has 0 spiro atoms. The zero-order valence-corrected chi connectivity index (χ0v) is 13.7. The van der Waals surface area contributed by atoms with Crippen molar-refractivity contribution in [1.29, 1.82) is 0 Å². The third-order valence-corrected chi connectivity index (χ3v) is 4.34. The monoisotopic (exact) mass is 315 g/mol. The number of carbonyl (C=O) groups is 2. The molecule has 0 radical (unpaired) electrons. The minimum atomic E-state index is -1.47. The fourth-order valence-corrected chi connectivity index (χ4v) is 3.33. The number of hydrogen-bond donors (Lipinski definition) is 4. The minimum absolute atomic E-state index is 0.322. The third-order valence-electron chi connectivity index (χ3n) is 4.34. The highest BCUT2D eigenvalue weighted by Crippen LogP contribution is 2.32. The van der Waals surface area contributed by atoms with Crippen LogP contribution in [-0.2, 0) is 4.79 Å². The van der Waals surface area contributed by atoms with Crippen LogP contribution in [0.4, 0.5) is 4.79 Å². The predicted molar refractivity (Wildman–Crippen MR) is 82.9 cm³/mol. The number of rotatable bonds is 5. The Hall–Kier alpha value is -1.34. The van der Waals surface area contributed by atoms with Crippen molar-refractivity contribution in [3.63, 3.8) is 0 Å². The van der Waals surface area contributed by atoms with Crippen molar-refractivity contribution in [2.45, 2.75) is 77.0 Å². The molecule has 0 heterocycles. The molecule has 7 heteroatoms. The number of amides is 2. The van der Waals surface area contributed by atoms with Gasteiger partial charge in [0.2, 0.25) is 0 Å². The molecular formula is C15H29N3O4. The topological polar surface area (TPSA) is 116 Å². The van der Waals surface area contributed by atoms with E-state index in [2.05, 4.69) is 0 Å². The summed E-state index contributed by atoms with van der Waals surface area (Å²) in [5.74, 6) is 4.67. The van der Waals surface area contributed by atoms with Gasteiger partial charge in [-0.25, -0.2) is 10.6 Å². The minimum Gasteiger partial charge on any atom is -0.465 e. The van der Waals surface area contributed by atoms with E-state index in [-0.39, 0.29) is 0 Å². The second kappa shape index (κ2) is 7.78. The van der Waals surface area contributed by atoms with Crippen LogP contribution in [0.15, 0.2) is 0 Å². The van der Waals surface area contributed by atoms with Gasteiger partial charge in [0, 0.05) is 5.54 Å². The SMILES string of the molecule is CC(C)(C)N(C(=O)O)[C@H](CC1CCCCC1)C(O)C(=O)NN. The highest BCUT2D eigenvalue weighted by atomic mass is 16.4. The highest BCUT2D eigenvalue weighted by molar-refractivity contribution is 5.81. The normalized spacial score (nSPS) is 19.3. The first-order chi connectivity index (χ1) is 10.2. The molecule has 5 N–H and O–H groups in total. The molecule has 1 aliphatic rings. The molecule has 2 atom stereocenters. The number of nitrogens with two attached hydrogens (primary N) is 1. The number of nitrogens with zero attached hydrogens (tertiary/aromatic N) is 1. The number of carbonyl (C=O) groups excluding carboxylic acids is 1. The molecule has 0 aromatic rings. The largest absolute Gasteiger partial charge is 0.465 e. The van der Waals surface area contributed by atoms with Crippen LogP contribution >= 0.6 is 0 Å². The fourth-order valence-electron chi connectivity index (χ4n) is 3.33. The lowest BCUT2D eigenvalue weighted by Gasteiger charge is -2.42. The van der Waals surface area contributed by atoms with Gasteiger partial charge in [-0.3, -0.25) is 15.1 Å². The summed E-state index contributed by atoms with van der Waals surface area (Å²) in [5, 5.41) is 19.9. The number of aliphatic hydroxyl groups excluding tert-OH is 1. The second-order valence-corrected chi connectivity index (χ2v) is 7.08. The van der Waals surface area contributed by atoms with Gasteiger partial charge in [0.25, 0.3) is 5.91 Å². The number of nitrogens with one attached hydrogen (secondary N) is 1. The molecule has 1 unspecified atom stereocenters. The van der Waals surface area contributed by atoms with Crippen LogP contribution in [0.1, 0.15) is 59.3 Å². The summed E-state index contributed by atoms with van der Waals surface area (Å²) >= 11 is 0. The van der Waals surface area contributed by atoms with Crippen LogP contribution in [0.3, 0.4) is 0 Å². The van der Waals surface area contributed by atoms with Crippen molar-refractivity contribution in [2.24, 2.45) is 11.8 Å². The van der Waals surface area contributed by atoms with Gasteiger partial charge in [0.15, 0.2) is 6.10 Å². The molecule has 1 saturated carbocycles. The van der Waals surface area contributed by atoms with E-state index >= 15 is 0 Å². The maximum absolute atomic E-state index is 11.7. The van der Waals surface area contributed by atoms with Crippen molar-refractivity contribution in [3.8, 4) is 0 Å². The van der Waals surface area contributed by atoms with Gasteiger partial charge in [-0.05, 0) is 33.1 Å². The summed E-state index contributed by atoms with van der Waals surface area (Å²) < 4.78 is 0. The first-order valence-corrected chi connectivity index (χ1v) is 7.89. The Balaban J connectivity index is 3.02. The smallest absolute Gasteiger partial charge is 0.408 e. The zero-order valence-electron chi connectivity index (χ0n) is 13.7. The Kier molecular flexibility index (Phi) is 6.62. The lowest BCUT2D eigenvalue weighted by Crippen LogP contribution is -2.59. The van der Waals surface area contributed by atoms with Crippen molar-refractivity contribution in [3.05, 3.63) is 0 Å². The Labute approximate surface area is 131 Å². The lowest BCUT2D eigenvalue weighted by atomic mass is 9.82. The molecule has 128 valence electrons. The molecule has 2 amide bonds. The Morgan fingerprint density at radius 2 is 1.82 bits per heavy atom. The lowest BCUT2D eigenvalue weighted by molar-refractivity contribution is -0.134. The van der Waals surface area contributed by atoms with Gasteiger partial charge in [0.1, 0.15) is 0 Å². The molecule has 1 aliphatic carbocycles. The van der Waals surface area contributed by atoms with Crippen LogP contribution in [-0.4, -0.2) is 44.8 Å². The summed E-state index contributed by atoms with van der Waals surface area (Å²) in [4.78, 5) is 24.6. The van der Waals surface area contributed by atoms with Crippen LogP contribution in [0.5, 0.6) is 0 Å². The fraction of sp³-hybridized carbons (Fsp3) is 0.867. The standard InChI is InChI=1S/C15H29N3O4/c1-15(2,3)18(14(21)22)11(12(19)13(20)17-16)9-10-7-5-4-6-8-10/h10-12,19H,4-9,16H2,1-3H3,(H,17,20)(H,21,22)/t11-,12?/m1/s1. The summed E-state index contributed by atoms with van der Waals surface area (Å²) in [6.07, 6.45) is 3.28. The van der Waals surface area contributed by atoms with E-state index in [9.17, 15) is 19.8 Å². The van der Waals surface area contributed by atoms with Gasteiger partial charge < -0.3 is 10.2 Å². The Bertz CT molecular complexity index is 389. The van der Waals surface area contributed by atoms with Crippen molar-refractivity contribution in [1.82, 2.24) is 10.3 Å². The molecule has 22 heavy (non-hydrogen) atoms. The number of aliphatic hydroxyl groups is 1. The molecule has 1 rings (SSSR count). The predicted octanol–water partition coefficient (Wildman–Crippen LogP) is 1.45. The molecular weight excluding hydrogens is 286 g/mol. The van der Waals surface area contributed by atoms with Crippen LogP contribution in [0.2, 0.25) is 0 Å². The quantitative estimate of drug-likeness (QED) is 0.348.